The van der Waals surface area contributed by atoms with Crippen molar-refractivity contribution < 1.29 is 32.4 Å². The molecule has 2 aromatic rings. The third kappa shape index (κ3) is 7.67. The molecule has 0 aromatic heterocycles. The first kappa shape index (κ1) is 21.2. The summed E-state index contributed by atoms with van der Waals surface area (Å²) in [6, 6.07) is 11.5. The van der Waals surface area contributed by atoms with Crippen molar-refractivity contribution in [1.29, 1.82) is 0 Å². The number of carbonyl (C=O) groups excluding carboxylic acids is 2. The first-order valence-corrected chi connectivity index (χ1v) is 8.49. The number of hydrogen-bond acceptors (Lipinski definition) is 3. The molecule has 0 aliphatic rings. The molecular formula is C19H21F3N3O3+. The molecule has 28 heavy (non-hydrogen) atoms. The van der Waals surface area contributed by atoms with Gasteiger partial charge in [0.25, 0.3) is 5.91 Å². The smallest absolute Gasteiger partial charge is 0.387 e. The van der Waals surface area contributed by atoms with E-state index in [-0.39, 0.29) is 24.7 Å². The molecule has 0 spiro atoms. The second kappa shape index (κ2) is 10.3. The van der Waals surface area contributed by atoms with E-state index in [0.29, 0.717) is 12.2 Å². The van der Waals surface area contributed by atoms with Crippen molar-refractivity contribution >= 4 is 17.5 Å². The maximum Gasteiger partial charge on any atom is 0.387 e. The molecule has 0 saturated carbocycles. The van der Waals surface area contributed by atoms with Gasteiger partial charge in [-0.1, -0.05) is 0 Å². The van der Waals surface area contributed by atoms with Gasteiger partial charge in [-0.15, -0.1) is 0 Å². The summed E-state index contributed by atoms with van der Waals surface area (Å²) in [7, 11) is 1.79. The van der Waals surface area contributed by atoms with Crippen molar-refractivity contribution in [1.82, 2.24) is 5.32 Å². The van der Waals surface area contributed by atoms with E-state index in [9.17, 15) is 22.8 Å². The van der Waals surface area contributed by atoms with E-state index in [1.807, 2.05) is 0 Å². The van der Waals surface area contributed by atoms with E-state index in [4.69, 9.17) is 0 Å². The van der Waals surface area contributed by atoms with Crippen LogP contribution in [0.4, 0.5) is 18.9 Å². The maximum absolute atomic E-state index is 12.8. The summed E-state index contributed by atoms with van der Waals surface area (Å²) in [5, 5.41) is 5.06. The molecule has 2 amide bonds. The number of ether oxygens (including phenoxy) is 1. The quantitative estimate of drug-likeness (QED) is 0.597. The van der Waals surface area contributed by atoms with Crippen LogP contribution >= 0.6 is 0 Å². The van der Waals surface area contributed by atoms with Gasteiger partial charge < -0.3 is 20.3 Å². The van der Waals surface area contributed by atoms with Crippen molar-refractivity contribution in [3.8, 4) is 5.75 Å². The maximum atomic E-state index is 12.8. The first-order valence-electron chi connectivity index (χ1n) is 8.49. The Morgan fingerprint density at radius 2 is 1.68 bits per heavy atom. The Hall–Kier alpha value is -3.07. The molecule has 0 radical (unpaired) electrons. The highest BCUT2D eigenvalue weighted by Gasteiger charge is 2.12. The largest absolute Gasteiger partial charge is 0.435 e. The van der Waals surface area contributed by atoms with Crippen molar-refractivity contribution in [2.45, 2.75) is 13.2 Å². The lowest BCUT2D eigenvalue weighted by Crippen LogP contribution is -3.08. The van der Waals surface area contributed by atoms with Crippen LogP contribution in [0, 0.1) is 5.82 Å². The zero-order valence-corrected chi connectivity index (χ0v) is 15.2. The standard InChI is InChI=1S/C19H20F3N3O3/c1-25(11-13-2-8-16(9-3-13)28-19(21)22)12-18(27)23-10-17(26)24-15-6-4-14(20)5-7-15/h2-9,19H,10-12H2,1H3,(H,23,27)(H,24,26)/p+1. The topological polar surface area (TPSA) is 71.9 Å². The van der Waals surface area contributed by atoms with Gasteiger partial charge in [0.05, 0.1) is 13.6 Å². The van der Waals surface area contributed by atoms with Gasteiger partial charge in [-0.25, -0.2) is 4.39 Å². The van der Waals surface area contributed by atoms with Gasteiger partial charge >= 0.3 is 6.61 Å². The lowest BCUT2D eigenvalue weighted by atomic mass is 10.2. The predicted octanol–water partition coefficient (Wildman–Crippen LogP) is 1.20. The molecule has 6 nitrogen and oxygen atoms in total. The van der Waals surface area contributed by atoms with Gasteiger partial charge in [-0.2, -0.15) is 8.78 Å². The van der Waals surface area contributed by atoms with Crippen LogP contribution in [0.25, 0.3) is 0 Å². The zero-order valence-electron chi connectivity index (χ0n) is 15.2. The lowest BCUT2D eigenvalue weighted by Gasteiger charge is -2.14. The number of nitrogens with one attached hydrogen (secondary N) is 3. The number of anilines is 1. The second-order valence-corrected chi connectivity index (χ2v) is 6.16. The molecule has 9 heteroatoms. The fourth-order valence-corrected chi connectivity index (χ4v) is 2.45. The van der Waals surface area contributed by atoms with E-state index >= 15 is 0 Å². The average Bonchev–Trinajstić information content (AvgIpc) is 2.63. The van der Waals surface area contributed by atoms with Crippen molar-refractivity contribution in [3.63, 3.8) is 0 Å². The first-order chi connectivity index (χ1) is 13.3. The highest BCUT2D eigenvalue weighted by molar-refractivity contribution is 5.94. The number of benzene rings is 2. The van der Waals surface area contributed by atoms with Gasteiger partial charge in [0, 0.05) is 11.3 Å². The Balaban J connectivity index is 1.71. The summed E-state index contributed by atoms with van der Waals surface area (Å²) < 4.78 is 41.4. The van der Waals surface area contributed by atoms with Gasteiger partial charge in [0.1, 0.15) is 18.1 Å². The molecule has 0 fully saturated rings. The highest BCUT2D eigenvalue weighted by Crippen LogP contribution is 2.14. The van der Waals surface area contributed by atoms with Crippen LogP contribution in [-0.2, 0) is 16.1 Å². The fraction of sp³-hybridized carbons (Fsp3) is 0.263. The molecule has 0 aliphatic heterocycles. The Kier molecular flexibility index (Phi) is 7.82. The molecule has 0 heterocycles. The summed E-state index contributed by atoms with van der Waals surface area (Å²) >= 11 is 0. The molecule has 150 valence electrons. The molecular weight excluding hydrogens is 375 g/mol. The summed E-state index contributed by atoms with van der Waals surface area (Å²) in [6.45, 7) is -2.46. The SMILES string of the molecule is C[NH+](CC(=O)NCC(=O)Nc1ccc(F)cc1)Cc1ccc(OC(F)F)cc1. The molecule has 1 atom stereocenters. The minimum atomic E-state index is -2.87. The molecule has 2 aromatic carbocycles. The molecule has 3 N–H and O–H groups in total. The molecule has 0 saturated heterocycles. The normalized spacial score (nSPS) is 11.8. The molecule has 0 bridgehead atoms. The van der Waals surface area contributed by atoms with Crippen LogP contribution in [0.1, 0.15) is 5.56 Å². The van der Waals surface area contributed by atoms with E-state index in [1.165, 1.54) is 36.4 Å². The van der Waals surface area contributed by atoms with E-state index < -0.39 is 18.3 Å². The molecule has 0 aliphatic carbocycles. The number of amides is 2. The van der Waals surface area contributed by atoms with Crippen molar-refractivity contribution in [2.24, 2.45) is 0 Å². The number of rotatable bonds is 9. The Bertz CT molecular complexity index is 783. The molecule has 2 rings (SSSR count). The fourth-order valence-electron chi connectivity index (χ4n) is 2.45. The van der Waals surface area contributed by atoms with Gasteiger partial charge in [-0.3, -0.25) is 9.59 Å². The number of alkyl halides is 2. The van der Waals surface area contributed by atoms with E-state index in [1.54, 1.807) is 19.2 Å². The highest BCUT2D eigenvalue weighted by atomic mass is 19.3. The monoisotopic (exact) mass is 396 g/mol. The van der Waals surface area contributed by atoms with Crippen molar-refractivity contribution in [3.05, 3.63) is 59.9 Å². The van der Waals surface area contributed by atoms with Crippen LogP contribution in [0.15, 0.2) is 48.5 Å². The minimum Gasteiger partial charge on any atom is -0.435 e. The van der Waals surface area contributed by atoms with Crippen LogP contribution < -0.4 is 20.3 Å². The second-order valence-electron chi connectivity index (χ2n) is 6.16. The summed E-state index contributed by atoms with van der Waals surface area (Å²) in [5.41, 5.74) is 1.28. The predicted molar refractivity (Wildman–Crippen MR) is 96.6 cm³/mol. The number of likely N-dealkylation sites (N-methyl/N-ethyl adjacent to an activating group) is 1. The van der Waals surface area contributed by atoms with Gasteiger partial charge in [0.2, 0.25) is 5.91 Å². The number of hydrogen-bond donors (Lipinski definition) is 3. The zero-order chi connectivity index (χ0) is 20.5. The third-order valence-electron chi connectivity index (χ3n) is 3.69. The van der Waals surface area contributed by atoms with Gasteiger partial charge in [-0.05, 0) is 48.5 Å². The van der Waals surface area contributed by atoms with E-state index in [0.717, 1.165) is 10.5 Å². The summed E-state index contributed by atoms with van der Waals surface area (Å²) in [6.07, 6.45) is 0. The number of halogens is 3. The van der Waals surface area contributed by atoms with Crippen molar-refractivity contribution in [2.75, 3.05) is 25.5 Å². The van der Waals surface area contributed by atoms with Crippen LogP contribution in [-0.4, -0.2) is 38.6 Å². The Morgan fingerprint density at radius 3 is 2.29 bits per heavy atom. The number of quaternary nitrogens is 1. The van der Waals surface area contributed by atoms with Crippen LogP contribution in [0.3, 0.4) is 0 Å². The lowest BCUT2D eigenvalue weighted by molar-refractivity contribution is -0.885. The summed E-state index contributed by atoms with van der Waals surface area (Å²) in [5.74, 6) is -1.08. The molecule has 1 unspecified atom stereocenters. The van der Waals surface area contributed by atoms with Crippen LogP contribution in [0.5, 0.6) is 5.75 Å². The average molecular weight is 396 g/mol. The van der Waals surface area contributed by atoms with E-state index in [2.05, 4.69) is 15.4 Å². The number of carbonyl (C=O) groups is 2. The Morgan fingerprint density at radius 1 is 1.04 bits per heavy atom. The van der Waals surface area contributed by atoms with Gasteiger partial charge in [0.15, 0.2) is 6.54 Å². The summed E-state index contributed by atoms with van der Waals surface area (Å²) in [4.78, 5) is 24.6. The Labute approximate surface area is 160 Å². The van der Waals surface area contributed by atoms with Crippen LogP contribution in [0.2, 0.25) is 0 Å². The minimum absolute atomic E-state index is 0.0707. The third-order valence-corrected chi connectivity index (χ3v) is 3.69.